The highest BCUT2D eigenvalue weighted by molar-refractivity contribution is 5.73. The van der Waals surface area contributed by atoms with E-state index < -0.39 is 0 Å². The van der Waals surface area contributed by atoms with E-state index in [9.17, 15) is 9.90 Å². The fourth-order valence-electron chi connectivity index (χ4n) is 3.34. The maximum Gasteiger partial charge on any atom is 0.315 e. The number of benzene rings is 1. The third-order valence-electron chi connectivity index (χ3n) is 4.71. The van der Waals surface area contributed by atoms with E-state index in [2.05, 4.69) is 27.8 Å². The number of nitrogens with one attached hydrogen (secondary N) is 2. The summed E-state index contributed by atoms with van der Waals surface area (Å²) < 4.78 is 2.03. The highest BCUT2D eigenvalue weighted by Crippen LogP contribution is 2.23. The number of hydrogen-bond donors (Lipinski definition) is 3. The molecule has 1 saturated carbocycles. The number of rotatable bonds is 6. The van der Waals surface area contributed by atoms with Crippen LogP contribution in [0, 0.1) is 5.92 Å². The summed E-state index contributed by atoms with van der Waals surface area (Å²) in [5, 5.41) is 15.5. The maximum atomic E-state index is 12.0. The van der Waals surface area contributed by atoms with Crippen molar-refractivity contribution in [2.45, 2.75) is 44.9 Å². The molecule has 2 atom stereocenters. The second-order valence-electron chi connectivity index (χ2n) is 6.71. The molecule has 0 spiro atoms. The summed E-state index contributed by atoms with van der Waals surface area (Å²) in [7, 11) is 0. The van der Waals surface area contributed by atoms with Crippen LogP contribution in [0.3, 0.4) is 0 Å². The summed E-state index contributed by atoms with van der Waals surface area (Å²) in [6.07, 6.45) is 7.22. The molecule has 3 rings (SSSR count). The van der Waals surface area contributed by atoms with Crippen molar-refractivity contribution in [3.63, 3.8) is 0 Å². The van der Waals surface area contributed by atoms with Crippen LogP contribution in [0.5, 0.6) is 0 Å². The molecule has 2 aromatic rings. The molecule has 6 nitrogen and oxygen atoms in total. The summed E-state index contributed by atoms with van der Waals surface area (Å²) in [5.41, 5.74) is 1.20. The molecule has 2 unspecified atom stereocenters. The lowest BCUT2D eigenvalue weighted by molar-refractivity contribution is 0.101. The quantitative estimate of drug-likeness (QED) is 0.753. The Balaban J connectivity index is 1.44. The minimum atomic E-state index is -0.214. The maximum absolute atomic E-state index is 12.0. The van der Waals surface area contributed by atoms with Crippen molar-refractivity contribution in [2.24, 2.45) is 5.92 Å². The van der Waals surface area contributed by atoms with E-state index in [1.54, 1.807) is 6.20 Å². The lowest BCUT2D eigenvalue weighted by Crippen LogP contribution is -2.39. The smallest absolute Gasteiger partial charge is 0.315 e. The van der Waals surface area contributed by atoms with Gasteiger partial charge >= 0.3 is 6.03 Å². The number of aromatic nitrogens is 2. The Kier molecular flexibility index (Phi) is 6.06. The molecule has 0 bridgehead atoms. The molecule has 25 heavy (non-hydrogen) atoms. The van der Waals surface area contributed by atoms with Gasteiger partial charge in [0.1, 0.15) is 5.82 Å². The van der Waals surface area contributed by atoms with Crippen LogP contribution >= 0.6 is 0 Å². The van der Waals surface area contributed by atoms with Crippen LogP contribution < -0.4 is 10.6 Å². The molecule has 0 radical (unpaired) electrons. The van der Waals surface area contributed by atoms with E-state index in [-0.39, 0.29) is 12.1 Å². The van der Waals surface area contributed by atoms with E-state index >= 15 is 0 Å². The Bertz CT molecular complexity index is 671. The van der Waals surface area contributed by atoms with Gasteiger partial charge in [-0.1, -0.05) is 36.8 Å². The second-order valence-corrected chi connectivity index (χ2v) is 6.71. The van der Waals surface area contributed by atoms with Crippen molar-refractivity contribution >= 4 is 6.03 Å². The zero-order chi connectivity index (χ0) is 17.5. The van der Waals surface area contributed by atoms with E-state index in [1.165, 1.54) is 5.56 Å². The summed E-state index contributed by atoms with van der Waals surface area (Å²) in [4.78, 5) is 16.3. The molecular weight excluding hydrogens is 316 g/mol. The Morgan fingerprint density at radius 1 is 1.24 bits per heavy atom. The number of amides is 2. The molecule has 1 aromatic heterocycles. The SMILES string of the molecule is O=C(NCc1nccn1Cc1ccccc1)NCC1CCCC(O)C1. The first-order chi connectivity index (χ1) is 12.2. The van der Waals surface area contributed by atoms with Crippen molar-refractivity contribution in [1.82, 2.24) is 20.2 Å². The number of carbonyl (C=O) groups is 1. The molecule has 1 aliphatic carbocycles. The van der Waals surface area contributed by atoms with E-state index in [4.69, 9.17) is 0 Å². The molecule has 0 aliphatic heterocycles. The molecule has 1 aliphatic rings. The van der Waals surface area contributed by atoms with E-state index in [0.29, 0.717) is 19.0 Å². The normalized spacial score (nSPS) is 20.2. The van der Waals surface area contributed by atoms with Crippen molar-refractivity contribution < 1.29 is 9.90 Å². The van der Waals surface area contributed by atoms with E-state index in [1.807, 2.05) is 29.0 Å². The summed E-state index contributed by atoms with van der Waals surface area (Å²) >= 11 is 0. The molecular formula is C19H26N4O2. The van der Waals surface area contributed by atoms with Gasteiger partial charge in [-0.3, -0.25) is 0 Å². The number of aliphatic hydroxyl groups excluding tert-OH is 1. The highest BCUT2D eigenvalue weighted by Gasteiger charge is 2.20. The Labute approximate surface area is 148 Å². The van der Waals surface area contributed by atoms with Gasteiger partial charge in [0.15, 0.2) is 0 Å². The fourth-order valence-corrected chi connectivity index (χ4v) is 3.34. The first kappa shape index (κ1) is 17.5. The predicted octanol–water partition coefficient (Wildman–Crippen LogP) is 2.28. The van der Waals surface area contributed by atoms with Crippen molar-refractivity contribution in [3.8, 4) is 0 Å². The predicted molar refractivity (Wildman–Crippen MR) is 96.0 cm³/mol. The Hall–Kier alpha value is -2.34. The third-order valence-corrected chi connectivity index (χ3v) is 4.71. The Morgan fingerprint density at radius 2 is 2.08 bits per heavy atom. The highest BCUT2D eigenvalue weighted by atomic mass is 16.3. The topological polar surface area (TPSA) is 79.2 Å². The summed E-state index contributed by atoms with van der Waals surface area (Å²) in [6, 6.07) is 9.98. The van der Waals surface area contributed by atoms with Crippen LogP contribution in [-0.4, -0.2) is 33.3 Å². The molecule has 1 aromatic carbocycles. The number of carbonyl (C=O) groups excluding carboxylic acids is 1. The fraction of sp³-hybridized carbons (Fsp3) is 0.474. The van der Waals surface area contributed by atoms with Crippen LogP contribution in [0.4, 0.5) is 4.79 Å². The Morgan fingerprint density at radius 3 is 2.88 bits per heavy atom. The number of imidazole rings is 1. The van der Waals surface area contributed by atoms with Gasteiger partial charge in [0.25, 0.3) is 0 Å². The van der Waals surface area contributed by atoms with Gasteiger partial charge in [-0.2, -0.15) is 0 Å². The molecule has 134 valence electrons. The molecule has 6 heteroatoms. The molecule has 2 amide bonds. The van der Waals surface area contributed by atoms with E-state index in [0.717, 1.165) is 38.1 Å². The van der Waals surface area contributed by atoms with Crippen molar-refractivity contribution in [2.75, 3.05) is 6.54 Å². The van der Waals surface area contributed by atoms with Gasteiger partial charge in [0, 0.05) is 25.5 Å². The van der Waals surface area contributed by atoms with Crippen LogP contribution in [0.1, 0.15) is 37.1 Å². The molecule has 1 heterocycles. The summed E-state index contributed by atoms with van der Waals surface area (Å²) in [6.45, 7) is 1.74. The van der Waals surface area contributed by atoms with Crippen LogP contribution in [0.15, 0.2) is 42.7 Å². The zero-order valence-electron chi connectivity index (χ0n) is 14.4. The van der Waals surface area contributed by atoms with Gasteiger partial charge < -0.3 is 20.3 Å². The lowest BCUT2D eigenvalue weighted by atomic mass is 9.87. The largest absolute Gasteiger partial charge is 0.393 e. The average molecular weight is 342 g/mol. The first-order valence-electron chi connectivity index (χ1n) is 8.94. The first-order valence-corrected chi connectivity index (χ1v) is 8.94. The average Bonchev–Trinajstić information content (AvgIpc) is 3.06. The number of nitrogens with zero attached hydrogens (tertiary/aromatic N) is 2. The summed E-state index contributed by atoms with van der Waals surface area (Å²) in [5.74, 6) is 1.20. The van der Waals surface area contributed by atoms with Crippen LogP contribution in [0.2, 0.25) is 0 Å². The zero-order valence-corrected chi connectivity index (χ0v) is 14.4. The molecule has 0 saturated heterocycles. The minimum absolute atomic E-state index is 0.186. The van der Waals surface area contributed by atoms with Gasteiger partial charge in [-0.25, -0.2) is 9.78 Å². The number of hydrogen-bond acceptors (Lipinski definition) is 3. The van der Waals surface area contributed by atoms with Gasteiger partial charge in [-0.15, -0.1) is 0 Å². The molecule has 3 N–H and O–H groups in total. The van der Waals surface area contributed by atoms with Crippen LogP contribution in [0.25, 0.3) is 0 Å². The van der Waals surface area contributed by atoms with Crippen molar-refractivity contribution in [1.29, 1.82) is 0 Å². The number of urea groups is 1. The minimum Gasteiger partial charge on any atom is -0.393 e. The number of aliphatic hydroxyl groups is 1. The van der Waals surface area contributed by atoms with Crippen LogP contribution in [-0.2, 0) is 13.1 Å². The standard InChI is InChI=1S/C19H26N4O2/c24-17-8-4-7-16(11-17)12-21-19(25)22-13-18-20-9-10-23(18)14-15-5-2-1-3-6-15/h1-3,5-6,9-10,16-17,24H,4,7-8,11-14H2,(H2,21,22,25). The van der Waals surface area contributed by atoms with Crippen molar-refractivity contribution in [3.05, 3.63) is 54.1 Å². The third kappa shape index (κ3) is 5.32. The van der Waals surface area contributed by atoms with Gasteiger partial charge in [-0.05, 0) is 30.7 Å². The lowest BCUT2D eigenvalue weighted by Gasteiger charge is -2.25. The second kappa shape index (κ2) is 8.67. The monoisotopic (exact) mass is 342 g/mol. The van der Waals surface area contributed by atoms with Gasteiger partial charge in [0.2, 0.25) is 0 Å². The van der Waals surface area contributed by atoms with Gasteiger partial charge in [0.05, 0.1) is 12.6 Å². The molecule has 1 fully saturated rings.